The molecule has 0 saturated carbocycles. The number of carbonyl (C=O) groups excluding carboxylic acids is 1. The van der Waals surface area contributed by atoms with Gasteiger partial charge in [0.1, 0.15) is 6.10 Å². The zero-order chi connectivity index (χ0) is 28.7. The van der Waals surface area contributed by atoms with E-state index in [1.807, 2.05) is 0 Å². The molecule has 0 radical (unpaired) electrons. The molecule has 39 heavy (non-hydrogen) atoms. The van der Waals surface area contributed by atoms with Crippen LogP contribution in [0.2, 0.25) is 0 Å². The van der Waals surface area contributed by atoms with Crippen LogP contribution in [-0.2, 0) is 14.3 Å². The van der Waals surface area contributed by atoms with Gasteiger partial charge in [-0.1, -0.05) is 120 Å². The Morgan fingerprint density at radius 2 is 1.08 bits per heavy atom. The molecule has 0 heterocycles. The van der Waals surface area contributed by atoms with Crippen LogP contribution in [0, 0.1) is 0 Å². The van der Waals surface area contributed by atoms with Gasteiger partial charge in [0.25, 0.3) is 0 Å². The zero-order valence-electron chi connectivity index (χ0n) is 25.4. The number of rotatable bonds is 28. The SMILES string of the molecule is CC/C=C\C/C=C\C/C=C\C/C=C\CCCCC(=O)OC(CCC)CCCCCCCCCCCCC(=O)O. The molecule has 4 nitrogen and oxygen atoms in total. The van der Waals surface area contributed by atoms with E-state index >= 15 is 0 Å². The van der Waals surface area contributed by atoms with Crippen LogP contribution in [-0.4, -0.2) is 23.1 Å². The number of carbonyl (C=O) groups is 2. The summed E-state index contributed by atoms with van der Waals surface area (Å²) in [6.07, 6.45) is 40.3. The summed E-state index contributed by atoms with van der Waals surface area (Å²) in [6.45, 7) is 4.31. The van der Waals surface area contributed by atoms with Gasteiger partial charge < -0.3 is 9.84 Å². The Hall–Kier alpha value is -2.10. The summed E-state index contributed by atoms with van der Waals surface area (Å²) in [5, 5.41) is 8.65. The first kappa shape index (κ1) is 36.9. The monoisotopic (exact) mass is 544 g/mol. The molecule has 1 atom stereocenters. The average molecular weight is 545 g/mol. The van der Waals surface area contributed by atoms with Crippen LogP contribution in [0.1, 0.15) is 155 Å². The lowest BCUT2D eigenvalue weighted by atomic mass is 10.0. The fourth-order valence-corrected chi connectivity index (χ4v) is 4.52. The Labute approximate surface area is 241 Å². The lowest BCUT2D eigenvalue weighted by Gasteiger charge is -2.17. The highest BCUT2D eigenvalue weighted by molar-refractivity contribution is 5.69. The number of aliphatic carboxylic acids is 1. The van der Waals surface area contributed by atoms with E-state index in [4.69, 9.17) is 9.84 Å². The first-order valence-corrected chi connectivity index (χ1v) is 16.1. The van der Waals surface area contributed by atoms with Crippen LogP contribution in [0.15, 0.2) is 48.6 Å². The van der Waals surface area contributed by atoms with Crippen molar-refractivity contribution in [2.75, 3.05) is 0 Å². The molecule has 0 fully saturated rings. The predicted molar refractivity (Wildman–Crippen MR) is 167 cm³/mol. The van der Waals surface area contributed by atoms with Crippen molar-refractivity contribution < 1.29 is 19.4 Å². The Balaban J connectivity index is 3.70. The second-order valence-electron chi connectivity index (χ2n) is 10.6. The minimum Gasteiger partial charge on any atom is -0.481 e. The van der Waals surface area contributed by atoms with E-state index < -0.39 is 5.97 Å². The van der Waals surface area contributed by atoms with Gasteiger partial charge in [0, 0.05) is 12.8 Å². The topological polar surface area (TPSA) is 63.6 Å². The lowest BCUT2D eigenvalue weighted by Crippen LogP contribution is -2.18. The largest absolute Gasteiger partial charge is 0.481 e. The molecule has 0 aliphatic rings. The van der Waals surface area contributed by atoms with Gasteiger partial charge >= 0.3 is 11.9 Å². The van der Waals surface area contributed by atoms with Crippen LogP contribution in [0.5, 0.6) is 0 Å². The quantitative estimate of drug-likeness (QED) is 0.0604. The molecule has 0 amide bonds. The van der Waals surface area contributed by atoms with E-state index in [0.717, 1.165) is 89.9 Å². The third-order valence-electron chi connectivity index (χ3n) is 6.80. The fraction of sp³-hybridized carbons (Fsp3) is 0.714. The standard InChI is InChI=1S/C35H60O4/c1-3-5-6-7-8-9-10-11-12-13-14-19-22-25-28-32-35(38)39-33(29-4-2)30-26-23-20-17-15-16-18-21-24-27-31-34(36)37/h5-6,8-9,11-12,14,19,33H,3-4,7,10,13,15-18,20-32H2,1-2H3,(H,36,37)/b6-5-,9-8-,12-11-,19-14-. The Bertz CT molecular complexity index is 674. The summed E-state index contributed by atoms with van der Waals surface area (Å²) < 4.78 is 5.80. The van der Waals surface area contributed by atoms with Crippen LogP contribution in [0.25, 0.3) is 0 Å². The number of hydrogen-bond acceptors (Lipinski definition) is 3. The highest BCUT2D eigenvalue weighted by atomic mass is 16.5. The minimum absolute atomic E-state index is 0.0260. The first-order valence-electron chi connectivity index (χ1n) is 16.1. The maximum Gasteiger partial charge on any atom is 0.306 e. The van der Waals surface area contributed by atoms with Gasteiger partial charge in [-0.2, -0.15) is 0 Å². The molecule has 0 saturated heterocycles. The fourth-order valence-electron chi connectivity index (χ4n) is 4.52. The Morgan fingerprint density at radius 3 is 1.62 bits per heavy atom. The van der Waals surface area contributed by atoms with Gasteiger partial charge in [-0.15, -0.1) is 0 Å². The number of unbranched alkanes of at least 4 members (excludes halogenated alkanes) is 11. The zero-order valence-corrected chi connectivity index (χ0v) is 25.4. The van der Waals surface area contributed by atoms with Gasteiger partial charge in [0.05, 0.1) is 0 Å². The van der Waals surface area contributed by atoms with Gasteiger partial charge in [-0.05, 0) is 70.6 Å². The highest BCUT2D eigenvalue weighted by Gasteiger charge is 2.13. The number of ether oxygens (including phenoxy) is 1. The van der Waals surface area contributed by atoms with Crippen LogP contribution < -0.4 is 0 Å². The van der Waals surface area contributed by atoms with Gasteiger partial charge in [-0.3, -0.25) is 9.59 Å². The minimum atomic E-state index is -0.681. The molecule has 0 spiro atoms. The first-order chi connectivity index (χ1) is 19.1. The normalized spacial score (nSPS) is 12.9. The third kappa shape index (κ3) is 30.3. The third-order valence-corrected chi connectivity index (χ3v) is 6.80. The van der Waals surface area contributed by atoms with E-state index in [1.54, 1.807) is 0 Å². The van der Waals surface area contributed by atoms with E-state index in [-0.39, 0.29) is 12.1 Å². The van der Waals surface area contributed by atoms with Crippen molar-refractivity contribution in [2.45, 2.75) is 161 Å². The number of carboxylic acid groups (broad SMARTS) is 1. The number of hydrogen-bond donors (Lipinski definition) is 1. The number of carboxylic acids is 1. The maximum atomic E-state index is 12.3. The molecular weight excluding hydrogens is 484 g/mol. The van der Waals surface area contributed by atoms with Gasteiger partial charge in [0.15, 0.2) is 0 Å². The van der Waals surface area contributed by atoms with Crippen molar-refractivity contribution in [2.24, 2.45) is 0 Å². The summed E-state index contributed by atoms with van der Waals surface area (Å²) in [6, 6.07) is 0. The van der Waals surface area contributed by atoms with Gasteiger partial charge in [0.2, 0.25) is 0 Å². The van der Waals surface area contributed by atoms with Crippen molar-refractivity contribution in [1.29, 1.82) is 0 Å². The van der Waals surface area contributed by atoms with Crippen molar-refractivity contribution in [3.63, 3.8) is 0 Å². The highest BCUT2D eigenvalue weighted by Crippen LogP contribution is 2.16. The summed E-state index contributed by atoms with van der Waals surface area (Å²) >= 11 is 0. The second kappa shape index (κ2) is 30.4. The van der Waals surface area contributed by atoms with Crippen LogP contribution in [0.3, 0.4) is 0 Å². The molecule has 1 N–H and O–H groups in total. The molecular formula is C35H60O4. The van der Waals surface area contributed by atoms with Gasteiger partial charge in [-0.25, -0.2) is 0 Å². The number of allylic oxidation sites excluding steroid dienone is 8. The lowest BCUT2D eigenvalue weighted by molar-refractivity contribution is -0.150. The molecule has 4 heteroatoms. The van der Waals surface area contributed by atoms with E-state index in [9.17, 15) is 9.59 Å². The number of esters is 1. The molecule has 0 rings (SSSR count). The van der Waals surface area contributed by atoms with Crippen molar-refractivity contribution in [3.8, 4) is 0 Å². The Morgan fingerprint density at radius 1 is 0.590 bits per heavy atom. The predicted octanol–water partition coefficient (Wildman–Crippen LogP) is 10.8. The van der Waals surface area contributed by atoms with Crippen LogP contribution in [0.4, 0.5) is 0 Å². The van der Waals surface area contributed by atoms with E-state index in [2.05, 4.69) is 62.5 Å². The van der Waals surface area contributed by atoms with Crippen molar-refractivity contribution >= 4 is 11.9 Å². The smallest absolute Gasteiger partial charge is 0.306 e. The summed E-state index contributed by atoms with van der Waals surface area (Å²) in [4.78, 5) is 22.8. The molecule has 0 aromatic rings. The average Bonchev–Trinajstić information content (AvgIpc) is 2.91. The van der Waals surface area contributed by atoms with Crippen LogP contribution >= 0.6 is 0 Å². The van der Waals surface area contributed by atoms with E-state index in [1.165, 1.54) is 38.5 Å². The molecule has 0 aliphatic carbocycles. The summed E-state index contributed by atoms with van der Waals surface area (Å²) in [7, 11) is 0. The Kier molecular flexibility index (Phi) is 28.8. The van der Waals surface area contributed by atoms with Crippen molar-refractivity contribution in [1.82, 2.24) is 0 Å². The van der Waals surface area contributed by atoms with E-state index in [0.29, 0.717) is 12.8 Å². The summed E-state index contributed by atoms with van der Waals surface area (Å²) in [5.74, 6) is -0.707. The molecule has 224 valence electrons. The molecule has 0 aliphatic heterocycles. The summed E-state index contributed by atoms with van der Waals surface area (Å²) in [5.41, 5.74) is 0. The second-order valence-corrected chi connectivity index (χ2v) is 10.6. The maximum absolute atomic E-state index is 12.3. The molecule has 0 bridgehead atoms. The van der Waals surface area contributed by atoms with Crippen molar-refractivity contribution in [3.05, 3.63) is 48.6 Å². The molecule has 0 aromatic carbocycles. The molecule has 1 unspecified atom stereocenters. The molecule has 0 aromatic heterocycles.